The molecule has 0 radical (unpaired) electrons. The van der Waals surface area contributed by atoms with E-state index in [1.807, 2.05) is 12.4 Å². The molecular formula is C27H22B4N6. The van der Waals surface area contributed by atoms with Crippen LogP contribution in [0, 0.1) is 0 Å². The standard InChI is InChI=1S/C27H22B4N6/c1-2-10-26-24(9-1)25-11-16-32-22-27(25)37(26)23-12-20-36-30-15-4-7-18-34(30)28-13-3-6-17-33(28)29-14-5-8-19-35(29)31(36)21-23/h1-22H. The minimum absolute atomic E-state index is 0.00277. The number of para-hydroxylation sites is 1. The molecule has 7 heterocycles. The highest BCUT2D eigenvalue weighted by Gasteiger charge is 2.49. The Bertz CT molecular complexity index is 1580. The van der Waals surface area contributed by atoms with E-state index in [4.69, 9.17) is 0 Å². The fourth-order valence-electron chi connectivity index (χ4n) is 6.27. The molecule has 0 spiro atoms. The van der Waals surface area contributed by atoms with E-state index in [2.05, 4.69) is 150 Å². The summed E-state index contributed by atoms with van der Waals surface area (Å²) in [5.41, 5.74) is 3.46. The monoisotopic (exact) mass is 474 g/mol. The van der Waals surface area contributed by atoms with Gasteiger partial charge in [-0.1, -0.05) is 54.4 Å². The van der Waals surface area contributed by atoms with Gasteiger partial charge in [0.15, 0.2) is 0 Å². The number of hydrogen-bond acceptors (Lipinski definition) is 5. The molecule has 10 heteroatoms. The van der Waals surface area contributed by atoms with Crippen molar-refractivity contribution >= 4 is 55.4 Å². The van der Waals surface area contributed by atoms with Gasteiger partial charge < -0.3 is 23.5 Å². The summed E-state index contributed by atoms with van der Waals surface area (Å²) in [6.45, 7) is 0.270. The maximum absolute atomic E-state index is 4.48. The molecule has 0 amide bonds. The number of rotatable bonds is 1. The van der Waals surface area contributed by atoms with Gasteiger partial charge in [0, 0.05) is 22.7 Å². The third kappa shape index (κ3) is 3.02. The maximum Gasteiger partial charge on any atom is 0.382 e. The summed E-state index contributed by atoms with van der Waals surface area (Å²) in [5.74, 6) is 9.24. The van der Waals surface area contributed by atoms with Crippen molar-refractivity contribution in [2.75, 3.05) is 0 Å². The van der Waals surface area contributed by atoms with Crippen LogP contribution in [0.15, 0.2) is 134 Å². The van der Waals surface area contributed by atoms with Gasteiger partial charge in [-0.2, -0.15) is 0 Å². The molecule has 172 valence electrons. The first-order valence-electron chi connectivity index (χ1n) is 12.8. The largest absolute Gasteiger partial charge is 0.423 e. The third-order valence-electron chi connectivity index (χ3n) is 7.87. The highest BCUT2D eigenvalue weighted by atomic mass is 15.3. The number of aromatic nitrogens is 2. The zero-order chi connectivity index (χ0) is 24.3. The second kappa shape index (κ2) is 8.03. The van der Waals surface area contributed by atoms with Crippen molar-refractivity contribution in [1.29, 1.82) is 0 Å². The highest BCUT2D eigenvalue weighted by molar-refractivity contribution is 6.92. The molecule has 0 aliphatic carbocycles. The van der Waals surface area contributed by atoms with Crippen LogP contribution in [0.5, 0.6) is 0 Å². The van der Waals surface area contributed by atoms with Gasteiger partial charge in [0.25, 0.3) is 0 Å². The molecule has 5 aliphatic rings. The average molecular weight is 474 g/mol. The minimum Gasteiger partial charge on any atom is -0.423 e. The van der Waals surface area contributed by atoms with E-state index in [0.29, 0.717) is 0 Å². The molecule has 0 saturated carbocycles. The summed E-state index contributed by atoms with van der Waals surface area (Å²) in [7, 11) is 0. The van der Waals surface area contributed by atoms with Crippen molar-refractivity contribution in [2.24, 2.45) is 0 Å². The number of allylic oxidation sites excluding steroid dienone is 8. The molecule has 5 aliphatic heterocycles. The third-order valence-corrected chi connectivity index (χ3v) is 7.87. The normalized spacial score (nSPS) is 19.4. The molecule has 8 rings (SSSR count). The second-order valence-corrected chi connectivity index (χ2v) is 9.78. The van der Waals surface area contributed by atoms with Crippen LogP contribution in [-0.2, 0) is 0 Å². The Morgan fingerprint density at radius 3 is 1.86 bits per heavy atom. The lowest BCUT2D eigenvalue weighted by Gasteiger charge is -2.53. The second-order valence-electron chi connectivity index (χ2n) is 9.78. The zero-order valence-electron chi connectivity index (χ0n) is 20.2. The van der Waals surface area contributed by atoms with Crippen LogP contribution in [0.3, 0.4) is 0 Å². The first kappa shape index (κ1) is 20.7. The molecular weight excluding hydrogens is 452 g/mol. The molecule has 1 aromatic carbocycles. The quantitative estimate of drug-likeness (QED) is 0.496. The Labute approximate surface area is 217 Å². The molecule has 0 atom stereocenters. The zero-order valence-corrected chi connectivity index (χ0v) is 20.2. The van der Waals surface area contributed by atoms with Gasteiger partial charge in [-0.05, 0) is 67.2 Å². The molecule has 1 saturated heterocycles. The van der Waals surface area contributed by atoms with Crippen LogP contribution >= 0.6 is 0 Å². The fourth-order valence-corrected chi connectivity index (χ4v) is 6.27. The molecule has 37 heavy (non-hydrogen) atoms. The van der Waals surface area contributed by atoms with Crippen LogP contribution < -0.4 is 0 Å². The first-order valence-corrected chi connectivity index (χ1v) is 12.8. The number of benzene rings is 1. The van der Waals surface area contributed by atoms with E-state index in [0.717, 1.165) is 11.2 Å². The van der Waals surface area contributed by atoms with E-state index in [1.54, 1.807) is 0 Å². The van der Waals surface area contributed by atoms with Gasteiger partial charge in [0.1, 0.15) is 0 Å². The summed E-state index contributed by atoms with van der Waals surface area (Å²) in [4.78, 5) is 4.48. The smallest absolute Gasteiger partial charge is 0.382 e. The summed E-state index contributed by atoms with van der Waals surface area (Å²) in [6, 6.07) is 10.7. The van der Waals surface area contributed by atoms with Crippen molar-refractivity contribution < 1.29 is 0 Å². The molecule has 1 fully saturated rings. The Morgan fingerprint density at radius 2 is 1.16 bits per heavy atom. The van der Waals surface area contributed by atoms with Crippen molar-refractivity contribution in [2.45, 2.75) is 0 Å². The van der Waals surface area contributed by atoms with Crippen LogP contribution in [0.2, 0.25) is 0 Å². The number of fused-ring (bicyclic) bond motifs is 11. The van der Waals surface area contributed by atoms with E-state index in [9.17, 15) is 0 Å². The van der Waals surface area contributed by atoms with Crippen LogP contribution in [0.1, 0.15) is 0 Å². The number of pyridine rings is 1. The lowest BCUT2D eigenvalue weighted by atomic mass is 9.42. The van der Waals surface area contributed by atoms with Crippen molar-refractivity contribution in [1.82, 2.24) is 28.4 Å². The predicted molar refractivity (Wildman–Crippen MR) is 156 cm³/mol. The molecule has 0 N–H and O–H groups in total. The summed E-state index contributed by atoms with van der Waals surface area (Å²) in [5, 5.41) is 2.46. The molecule has 0 unspecified atom stereocenters. The molecule has 6 nitrogen and oxygen atoms in total. The Balaban J connectivity index is 1.32. The van der Waals surface area contributed by atoms with Gasteiger partial charge in [-0.25, -0.2) is 0 Å². The summed E-state index contributed by atoms with van der Waals surface area (Å²) >= 11 is 0. The SMILES string of the molecule is C1=CB2N(C=C1)B1C=CC=CN1B1C=C(n3c4ccccc4c4ccncc43)C=CN1B1C=CC=CN21. The van der Waals surface area contributed by atoms with E-state index in [1.165, 1.54) is 16.3 Å². The van der Waals surface area contributed by atoms with Gasteiger partial charge >= 0.3 is 27.9 Å². The topological polar surface area (TPSA) is 30.8 Å². The highest BCUT2D eigenvalue weighted by Crippen LogP contribution is 2.35. The van der Waals surface area contributed by atoms with Crippen LogP contribution in [0.4, 0.5) is 0 Å². The summed E-state index contributed by atoms with van der Waals surface area (Å²) in [6.07, 6.45) is 27.9. The van der Waals surface area contributed by atoms with E-state index < -0.39 is 0 Å². The number of nitrogens with zero attached hydrogens (tertiary/aromatic N) is 6. The van der Waals surface area contributed by atoms with E-state index in [-0.39, 0.29) is 27.9 Å². The van der Waals surface area contributed by atoms with Crippen LogP contribution in [0.25, 0.3) is 27.5 Å². The molecule has 2 aromatic heterocycles. The van der Waals surface area contributed by atoms with Gasteiger partial charge in [0.05, 0.1) is 17.2 Å². The Morgan fingerprint density at radius 1 is 0.568 bits per heavy atom. The molecule has 0 bridgehead atoms. The van der Waals surface area contributed by atoms with Crippen molar-refractivity contribution in [3.63, 3.8) is 0 Å². The van der Waals surface area contributed by atoms with Gasteiger partial charge in [-0.15, -0.1) is 0 Å². The van der Waals surface area contributed by atoms with Crippen molar-refractivity contribution in [3.8, 4) is 0 Å². The first-order chi connectivity index (χ1) is 18.4. The minimum atomic E-state index is 0.00277. The lowest BCUT2D eigenvalue weighted by Crippen LogP contribution is -2.73. The van der Waals surface area contributed by atoms with Gasteiger partial charge in [-0.3, -0.25) is 4.98 Å². The maximum atomic E-state index is 4.48. The summed E-state index contributed by atoms with van der Waals surface area (Å²) < 4.78 is 12.1. The average Bonchev–Trinajstić information content (AvgIpc) is 3.31. The Hall–Kier alpha value is -4.45. The van der Waals surface area contributed by atoms with Gasteiger partial charge in [0.2, 0.25) is 0 Å². The van der Waals surface area contributed by atoms with E-state index >= 15 is 0 Å². The molecule has 3 aromatic rings. The van der Waals surface area contributed by atoms with Crippen LogP contribution in [-0.4, -0.2) is 56.4 Å². The Kier molecular flexibility index (Phi) is 4.50. The fraction of sp³-hybridized carbons (Fsp3) is 0. The van der Waals surface area contributed by atoms with Crippen molar-refractivity contribution in [3.05, 3.63) is 134 Å². The lowest BCUT2D eigenvalue weighted by molar-refractivity contribution is 0.622. The number of hydrogen-bond donors (Lipinski definition) is 0. The predicted octanol–water partition coefficient (Wildman–Crippen LogP) is 4.14.